The number of hydrogen-bond acceptors (Lipinski definition) is 3. The van der Waals surface area contributed by atoms with Crippen LogP contribution < -0.4 is 10.6 Å². The Hall–Kier alpha value is -3.51. The molecule has 158 valence electrons. The van der Waals surface area contributed by atoms with Crippen molar-refractivity contribution in [3.8, 4) is 0 Å². The molecule has 0 radical (unpaired) electrons. The van der Waals surface area contributed by atoms with Gasteiger partial charge in [-0.2, -0.15) is 0 Å². The molecular formula is C25H25N3O2S. The Labute approximate surface area is 187 Å². The lowest BCUT2D eigenvalue weighted by molar-refractivity contribution is -0.128. The van der Waals surface area contributed by atoms with Crippen molar-refractivity contribution < 1.29 is 9.59 Å². The van der Waals surface area contributed by atoms with E-state index >= 15 is 0 Å². The monoisotopic (exact) mass is 431 g/mol. The molecule has 0 saturated heterocycles. The average Bonchev–Trinajstić information content (AvgIpc) is 2.76. The Morgan fingerprint density at radius 2 is 1.74 bits per heavy atom. The van der Waals surface area contributed by atoms with Gasteiger partial charge in [-0.05, 0) is 58.7 Å². The van der Waals surface area contributed by atoms with Crippen LogP contribution in [0.15, 0.2) is 72.8 Å². The Morgan fingerprint density at radius 1 is 1.00 bits per heavy atom. The van der Waals surface area contributed by atoms with E-state index in [4.69, 9.17) is 12.2 Å². The molecule has 0 aromatic heterocycles. The fourth-order valence-corrected chi connectivity index (χ4v) is 3.38. The summed E-state index contributed by atoms with van der Waals surface area (Å²) in [4.78, 5) is 25.6. The molecule has 0 spiro atoms. The van der Waals surface area contributed by atoms with E-state index in [1.165, 1.54) is 6.08 Å². The number of benzene rings is 3. The third kappa shape index (κ3) is 6.49. The molecule has 6 heteroatoms. The zero-order chi connectivity index (χ0) is 22.2. The van der Waals surface area contributed by atoms with E-state index in [0.717, 1.165) is 27.6 Å². The molecule has 0 aliphatic rings. The van der Waals surface area contributed by atoms with Crippen molar-refractivity contribution in [2.45, 2.75) is 12.8 Å². The molecule has 0 fully saturated rings. The van der Waals surface area contributed by atoms with Crippen LogP contribution in [0.1, 0.15) is 17.5 Å². The van der Waals surface area contributed by atoms with Crippen molar-refractivity contribution >= 4 is 51.7 Å². The molecule has 2 N–H and O–H groups in total. The van der Waals surface area contributed by atoms with Gasteiger partial charge in [0.1, 0.15) is 0 Å². The van der Waals surface area contributed by atoms with Gasteiger partial charge in [-0.25, -0.2) is 0 Å². The van der Waals surface area contributed by atoms with Crippen LogP contribution in [-0.2, 0) is 16.0 Å². The molecule has 5 nitrogen and oxygen atoms in total. The first-order valence-corrected chi connectivity index (χ1v) is 10.4. The maximum absolute atomic E-state index is 12.3. The van der Waals surface area contributed by atoms with Crippen LogP contribution >= 0.6 is 12.2 Å². The molecule has 3 rings (SSSR count). The first-order valence-electron chi connectivity index (χ1n) is 9.99. The second-order valence-electron chi connectivity index (χ2n) is 7.33. The molecule has 0 bridgehead atoms. The number of hydrogen-bond donors (Lipinski definition) is 2. The number of amides is 2. The Bertz CT molecular complexity index is 1130. The smallest absolute Gasteiger partial charge is 0.250 e. The molecule has 0 unspecified atom stereocenters. The molecule has 2 amide bonds. The zero-order valence-corrected chi connectivity index (χ0v) is 18.4. The summed E-state index contributed by atoms with van der Waals surface area (Å²) in [5.41, 5.74) is 2.75. The average molecular weight is 432 g/mol. The predicted molar refractivity (Wildman–Crippen MR) is 131 cm³/mol. The molecule has 0 aliphatic carbocycles. The SMILES string of the molecule is CN(C)C(=O)CCc1cccc(NC(=S)NC(=O)/C=C/c2cccc3ccccc23)c1. The fraction of sp³-hybridized carbons (Fsp3) is 0.160. The molecule has 0 heterocycles. The standard InChI is InChI=1S/C25H25N3O2S/c1-28(2)24(30)16-13-18-7-5-11-21(17-18)26-25(31)27-23(29)15-14-20-10-6-9-19-8-3-4-12-22(19)20/h3-12,14-15,17H,13,16H2,1-2H3,(H2,26,27,29,31)/b15-14+. The van der Waals surface area contributed by atoms with Gasteiger partial charge in [0.2, 0.25) is 11.8 Å². The van der Waals surface area contributed by atoms with Gasteiger partial charge < -0.3 is 10.2 Å². The van der Waals surface area contributed by atoms with Crippen LogP contribution in [0.4, 0.5) is 5.69 Å². The van der Waals surface area contributed by atoms with Crippen LogP contribution in [0.3, 0.4) is 0 Å². The summed E-state index contributed by atoms with van der Waals surface area (Å²) < 4.78 is 0. The van der Waals surface area contributed by atoms with Crippen LogP contribution in [0, 0.1) is 0 Å². The van der Waals surface area contributed by atoms with Crippen molar-refractivity contribution in [1.82, 2.24) is 10.2 Å². The van der Waals surface area contributed by atoms with Gasteiger partial charge in [-0.15, -0.1) is 0 Å². The minimum absolute atomic E-state index is 0.0825. The summed E-state index contributed by atoms with van der Waals surface area (Å²) in [5, 5.41) is 8.11. The minimum atomic E-state index is -0.307. The Balaban J connectivity index is 1.57. The van der Waals surface area contributed by atoms with Gasteiger partial charge in [-0.1, -0.05) is 54.6 Å². The highest BCUT2D eigenvalue weighted by Gasteiger charge is 2.06. The summed E-state index contributed by atoms with van der Waals surface area (Å²) in [6, 6.07) is 21.6. The van der Waals surface area contributed by atoms with E-state index in [9.17, 15) is 9.59 Å². The second kappa shape index (κ2) is 10.5. The number of nitrogens with zero attached hydrogens (tertiary/aromatic N) is 1. The molecule has 31 heavy (non-hydrogen) atoms. The van der Waals surface area contributed by atoms with Crippen molar-refractivity contribution in [2.75, 3.05) is 19.4 Å². The quantitative estimate of drug-likeness (QED) is 0.449. The molecule has 0 atom stereocenters. The number of rotatable bonds is 6. The number of carbonyl (C=O) groups excluding carboxylic acids is 2. The van der Waals surface area contributed by atoms with Crippen molar-refractivity contribution in [2.24, 2.45) is 0 Å². The van der Waals surface area contributed by atoms with Gasteiger partial charge in [0.15, 0.2) is 5.11 Å². The number of thiocarbonyl (C=S) groups is 1. The second-order valence-corrected chi connectivity index (χ2v) is 7.74. The topological polar surface area (TPSA) is 61.4 Å². The molecule has 3 aromatic carbocycles. The maximum atomic E-state index is 12.3. The highest BCUT2D eigenvalue weighted by molar-refractivity contribution is 7.80. The van der Waals surface area contributed by atoms with Gasteiger partial charge >= 0.3 is 0 Å². The number of anilines is 1. The van der Waals surface area contributed by atoms with Gasteiger partial charge in [0.25, 0.3) is 0 Å². The fourth-order valence-electron chi connectivity index (χ4n) is 3.16. The maximum Gasteiger partial charge on any atom is 0.250 e. The van der Waals surface area contributed by atoms with E-state index in [2.05, 4.69) is 10.6 Å². The molecule has 3 aromatic rings. The van der Waals surface area contributed by atoms with E-state index in [0.29, 0.717) is 12.8 Å². The third-order valence-corrected chi connectivity index (χ3v) is 4.99. The minimum Gasteiger partial charge on any atom is -0.349 e. The summed E-state index contributed by atoms with van der Waals surface area (Å²) in [6.45, 7) is 0. The van der Waals surface area contributed by atoms with Crippen LogP contribution in [0.2, 0.25) is 0 Å². The first-order chi connectivity index (χ1) is 14.9. The van der Waals surface area contributed by atoms with Crippen molar-refractivity contribution in [3.63, 3.8) is 0 Å². The van der Waals surface area contributed by atoms with Gasteiger partial charge in [0.05, 0.1) is 0 Å². The predicted octanol–water partition coefficient (Wildman–Crippen LogP) is 4.39. The number of aryl methyl sites for hydroxylation is 1. The van der Waals surface area contributed by atoms with Gasteiger partial charge in [0, 0.05) is 32.3 Å². The lowest BCUT2D eigenvalue weighted by atomic mass is 10.0. The molecule has 0 aliphatic heterocycles. The Morgan fingerprint density at radius 3 is 2.55 bits per heavy atom. The summed E-state index contributed by atoms with van der Waals surface area (Å²) in [5.74, 6) is -0.225. The highest BCUT2D eigenvalue weighted by atomic mass is 32.1. The number of nitrogens with one attached hydrogen (secondary N) is 2. The van der Waals surface area contributed by atoms with Crippen LogP contribution in [-0.4, -0.2) is 35.9 Å². The number of carbonyl (C=O) groups is 2. The number of fused-ring (bicyclic) bond motifs is 1. The van der Waals surface area contributed by atoms with E-state index in [1.807, 2.05) is 66.7 Å². The third-order valence-electron chi connectivity index (χ3n) is 4.79. The lowest BCUT2D eigenvalue weighted by Crippen LogP contribution is -2.32. The summed E-state index contributed by atoms with van der Waals surface area (Å²) in [6.07, 6.45) is 4.33. The summed E-state index contributed by atoms with van der Waals surface area (Å²) in [7, 11) is 3.49. The zero-order valence-electron chi connectivity index (χ0n) is 17.6. The van der Waals surface area contributed by atoms with E-state index in [1.54, 1.807) is 25.1 Å². The van der Waals surface area contributed by atoms with Crippen LogP contribution in [0.5, 0.6) is 0 Å². The molecule has 0 saturated carbocycles. The van der Waals surface area contributed by atoms with Crippen molar-refractivity contribution in [3.05, 3.63) is 83.9 Å². The normalized spacial score (nSPS) is 10.8. The van der Waals surface area contributed by atoms with Crippen LogP contribution in [0.25, 0.3) is 16.8 Å². The largest absolute Gasteiger partial charge is 0.349 e. The highest BCUT2D eigenvalue weighted by Crippen LogP contribution is 2.19. The van der Waals surface area contributed by atoms with E-state index in [-0.39, 0.29) is 16.9 Å². The lowest BCUT2D eigenvalue weighted by Gasteiger charge is -2.11. The van der Waals surface area contributed by atoms with Crippen molar-refractivity contribution in [1.29, 1.82) is 0 Å². The van der Waals surface area contributed by atoms with Gasteiger partial charge in [-0.3, -0.25) is 14.9 Å². The van der Waals surface area contributed by atoms with E-state index < -0.39 is 0 Å². The summed E-state index contributed by atoms with van der Waals surface area (Å²) >= 11 is 5.27. The molecular weight excluding hydrogens is 406 g/mol. The first kappa shape index (κ1) is 22.2. The Kier molecular flexibility index (Phi) is 7.51.